The van der Waals surface area contributed by atoms with Gasteiger partial charge in [-0.25, -0.2) is 4.79 Å². The Morgan fingerprint density at radius 2 is 1.96 bits per heavy atom. The number of carbonyl (C=O) groups excluding carboxylic acids is 2. The summed E-state index contributed by atoms with van der Waals surface area (Å²) in [6.07, 6.45) is 2.71. The molecule has 0 unspecified atom stereocenters. The molecule has 1 aromatic rings. The second-order valence-electron chi connectivity index (χ2n) is 5.87. The number of urea groups is 1. The summed E-state index contributed by atoms with van der Waals surface area (Å²) in [5.41, 5.74) is 1.14. The Labute approximate surface area is 134 Å². The number of hydrogen-bond acceptors (Lipinski definition) is 3. The molecule has 3 rings (SSSR count). The van der Waals surface area contributed by atoms with E-state index in [4.69, 9.17) is 0 Å². The third-order valence-electron chi connectivity index (χ3n) is 4.29. The molecule has 0 saturated heterocycles. The van der Waals surface area contributed by atoms with Crippen LogP contribution in [-0.4, -0.2) is 23.1 Å². The molecule has 4 N–H and O–H groups in total. The van der Waals surface area contributed by atoms with Crippen LogP contribution < -0.4 is 16.0 Å². The molecule has 0 bridgehead atoms. The summed E-state index contributed by atoms with van der Waals surface area (Å²) in [4.78, 5) is 23.7. The molecule has 0 spiro atoms. The van der Waals surface area contributed by atoms with E-state index in [9.17, 15) is 14.7 Å². The number of amides is 3. The maximum absolute atomic E-state index is 12.3. The zero-order chi connectivity index (χ0) is 16.4. The van der Waals surface area contributed by atoms with Gasteiger partial charge in [-0.1, -0.05) is 36.9 Å². The first-order chi connectivity index (χ1) is 11.0. The number of carbonyl (C=O) groups is 2. The summed E-state index contributed by atoms with van der Waals surface area (Å²) in [6, 6.07) is 9.65. The first kappa shape index (κ1) is 15.1. The van der Waals surface area contributed by atoms with Crippen LogP contribution in [0.15, 0.2) is 54.1 Å². The first-order valence-corrected chi connectivity index (χ1v) is 7.61. The van der Waals surface area contributed by atoms with Crippen LogP contribution in [-0.2, 0) is 4.79 Å². The van der Waals surface area contributed by atoms with Gasteiger partial charge in [-0.15, -0.1) is 0 Å². The van der Waals surface area contributed by atoms with Crippen LogP contribution in [0.5, 0.6) is 0 Å². The highest BCUT2D eigenvalue weighted by Gasteiger charge is 2.30. The maximum Gasteiger partial charge on any atom is 0.324 e. The smallest absolute Gasteiger partial charge is 0.324 e. The summed E-state index contributed by atoms with van der Waals surface area (Å²) in [7, 11) is 0. The molecule has 6 heteroatoms. The predicted octanol–water partition coefficient (Wildman–Crippen LogP) is 2.03. The minimum absolute atomic E-state index is 0.0208. The van der Waals surface area contributed by atoms with Crippen molar-refractivity contribution >= 4 is 11.9 Å². The molecule has 2 aliphatic rings. The molecule has 1 aliphatic heterocycles. The summed E-state index contributed by atoms with van der Waals surface area (Å²) >= 11 is 0. The van der Waals surface area contributed by atoms with Crippen molar-refractivity contribution in [1.29, 1.82) is 0 Å². The van der Waals surface area contributed by atoms with Crippen LogP contribution in [0, 0.1) is 0 Å². The van der Waals surface area contributed by atoms with Gasteiger partial charge in [0.25, 0.3) is 5.91 Å². The monoisotopic (exact) mass is 313 g/mol. The Morgan fingerprint density at radius 1 is 1.22 bits per heavy atom. The summed E-state index contributed by atoms with van der Waals surface area (Å²) in [6.45, 7) is 3.50. The van der Waals surface area contributed by atoms with E-state index in [2.05, 4.69) is 34.7 Å². The van der Waals surface area contributed by atoms with E-state index in [1.54, 1.807) is 0 Å². The van der Waals surface area contributed by atoms with Crippen LogP contribution in [0.2, 0.25) is 0 Å². The number of rotatable bonds is 3. The molecule has 2 atom stereocenters. The van der Waals surface area contributed by atoms with Gasteiger partial charge in [0.1, 0.15) is 0 Å². The van der Waals surface area contributed by atoms with Crippen molar-refractivity contribution < 1.29 is 14.7 Å². The highest BCUT2D eigenvalue weighted by molar-refractivity contribution is 6.00. The van der Waals surface area contributed by atoms with Gasteiger partial charge in [0, 0.05) is 6.04 Å². The Bertz CT molecular complexity index is 682. The van der Waals surface area contributed by atoms with Crippen molar-refractivity contribution in [3.63, 3.8) is 0 Å². The van der Waals surface area contributed by atoms with Crippen LogP contribution in [0.1, 0.15) is 30.7 Å². The summed E-state index contributed by atoms with van der Waals surface area (Å²) in [5, 5.41) is 17.4. The molecule has 1 saturated carbocycles. The number of nitrogens with one attached hydrogen (secondary N) is 3. The van der Waals surface area contributed by atoms with Crippen molar-refractivity contribution in [3.05, 3.63) is 59.6 Å². The quantitative estimate of drug-likeness (QED) is 0.688. The Morgan fingerprint density at radius 3 is 2.70 bits per heavy atom. The van der Waals surface area contributed by atoms with Gasteiger partial charge in [0.2, 0.25) is 0 Å². The number of hydrogen-bond donors (Lipinski definition) is 4. The third kappa shape index (κ3) is 3.21. The number of aliphatic hydroxyl groups excluding tert-OH is 1. The minimum atomic E-state index is -0.577. The molecule has 0 radical (unpaired) electrons. The Kier molecular flexibility index (Phi) is 4.06. The van der Waals surface area contributed by atoms with Crippen LogP contribution >= 0.6 is 0 Å². The highest BCUT2D eigenvalue weighted by atomic mass is 16.3. The van der Waals surface area contributed by atoms with Crippen molar-refractivity contribution in [2.75, 3.05) is 0 Å². The predicted molar refractivity (Wildman–Crippen MR) is 85.4 cm³/mol. The van der Waals surface area contributed by atoms with Crippen molar-refractivity contribution in [2.45, 2.75) is 31.2 Å². The molecule has 3 amide bonds. The molecule has 1 aromatic carbocycles. The fraction of sp³-hybridized carbons (Fsp3) is 0.294. The van der Waals surface area contributed by atoms with Crippen LogP contribution in [0.25, 0.3) is 0 Å². The lowest BCUT2D eigenvalue weighted by Crippen LogP contribution is -2.47. The van der Waals surface area contributed by atoms with Gasteiger partial charge in [-0.3, -0.25) is 10.1 Å². The molecule has 1 heterocycles. The third-order valence-corrected chi connectivity index (χ3v) is 4.29. The van der Waals surface area contributed by atoms with Gasteiger partial charge in [-0.2, -0.15) is 0 Å². The van der Waals surface area contributed by atoms with Crippen molar-refractivity contribution in [1.82, 2.24) is 16.0 Å². The van der Waals surface area contributed by atoms with Gasteiger partial charge in [-0.05, 0) is 30.7 Å². The van der Waals surface area contributed by atoms with Gasteiger partial charge in [0.05, 0.1) is 5.70 Å². The fourth-order valence-electron chi connectivity index (χ4n) is 3.11. The molecular weight excluding hydrogens is 294 g/mol. The van der Waals surface area contributed by atoms with Gasteiger partial charge < -0.3 is 15.7 Å². The zero-order valence-corrected chi connectivity index (χ0v) is 12.6. The largest absolute Gasteiger partial charge is 0.504 e. The van der Waals surface area contributed by atoms with E-state index in [0.717, 1.165) is 19.3 Å². The summed E-state index contributed by atoms with van der Waals surface area (Å²) < 4.78 is 0. The fourth-order valence-corrected chi connectivity index (χ4v) is 3.11. The average Bonchev–Trinajstić information content (AvgIpc) is 3.00. The molecule has 120 valence electrons. The van der Waals surface area contributed by atoms with Crippen LogP contribution in [0.4, 0.5) is 4.79 Å². The van der Waals surface area contributed by atoms with E-state index in [-0.39, 0.29) is 23.2 Å². The Hall–Kier alpha value is -2.76. The van der Waals surface area contributed by atoms with E-state index in [0.29, 0.717) is 5.92 Å². The van der Waals surface area contributed by atoms with E-state index in [1.807, 2.05) is 18.2 Å². The SMILES string of the molecule is C=C1NC(=O)NC(C(=O)N[C@H]2CC[C@@H](c3ccccc3)C2)=C1O. The van der Waals surface area contributed by atoms with E-state index in [1.165, 1.54) is 5.56 Å². The Balaban J connectivity index is 1.64. The standard InChI is InChI=1S/C17H19N3O3/c1-10-15(21)14(20-17(23)18-10)16(22)19-13-8-7-12(9-13)11-5-3-2-4-6-11/h2-6,12-13,21H,1,7-9H2,(H,19,22)(H2,18,20,23)/t12-,13+/m1/s1. The number of benzene rings is 1. The number of aliphatic hydroxyl groups is 1. The zero-order valence-electron chi connectivity index (χ0n) is 12.6. The molecular formula is C17H19N3O3. The van der Waals surface area contributed by atoms with Gasteiger partial charge >= 0.3 is 6.03 Å². The van der Waals surface area contributed by atoms with E-state index >= 15 is 0 Å². The van der Waals surface area contributed by atoms with Crippen LogP contribution in [0.3, 0.4) is 0 Å². The molecule has 1 aliphatic carbocycles. The van der Waals surface area contributed by atoms with Crippen molar-refractivity contribution in [3.8, 4) is 0 Å². The molecule has 6 nitrogen and oxygen atoms in total. The lowest BCUT2D eigenvalue weighted by Gasteiger charge is -2.21. The topological polar surface area (TPSA) is 90.5 Å². The second-order valence-corrected chi connectivity index (χ2v) is 5.87. The maximum atomic E-state index is 12.3. The molecule has 0 aromatic heterocycles. The molecule has 23 heavy (non-hydrogen) atoms. The second kappa shape index (κ2) is 6.16. The van der Waals surface area contributed by atoms with Crippen molar-refractivity contribution in [2.24, 2.45) is 0 Å². The lowest BCUT2D eigenvalue weighted by atomic mass is 9.98. The minimum Gasteiger partial charge on any atom is -0.504 e. The van der Waals surface area contributed by atoms with E-state index < -0.39 is 11.9 Å². The lowest BCUT2D eigenvalue weighted by molar-refractivity contribution is -0.118. The highest BCUT2D eigenvalue weighted by Crippen LogP contribution is 2.34. The summed E-state index contributed by atoms with van der Waals surface area (Å²) in [5.74, 6) is -0.404. The first-order valence-electron chi connectivity index (χ1n) is 7.61. The normalized spacial score (nSPS) is 24.2. The van der Waals surface area contributed by atoms with Gasteiger partial charge in [0.15, 0.2) is 11.5 Å². The average molecular weight is 313 g/mol. The molecule has 1 fully saturated rings.